The van der Waals surface area contributed by atoms with Crippen LogP contribution in [0.5, 0.6) is 0 Å². The second-order valence-electron chi connectivity index (χ2n) is 3.98. The second kappa shape index (κ2) is 5.80. The van der Waals surface area contributed by atoms with Gasteiger partial charge in [-0.25, -0.2) is 0 Å². The van der Waals surface area contributed by atoms with E-state index in [9.17, 15) is 0 Å². The Morgan fingerprint density at radius 3 is 2.88 bits per heavy atom. The largest absolute Gasteiger partial charge is 0.389 e. The van der Waals surface area contributed by atoms with Crippen molar-refractivity contribution in [2.75, 3.05) is 31.2 Å². The zero-order valence-corrected chi connectivity index (χ0v) is 11.9. The monoisotopic (exact) mass is 314 g/mol. The molecule has 0 unspecified atom stereocenters. The average Bonchev–Trinajstić information content (AvgIpc) is 2.56. The minimum atomic E-state index is 0.419. The zero-order valence-electron chi connectivity index (χ0n) is 9.49. The first kappa shape index (κ1) is 12.8. The molecule has 2 rings (SSSR count). The smallest absolute Gasteiger partial charge is 0.105 e. The predicted molar refractivity (Wildman–Crippen MR) is 77.7 cm³/mol. The van der Waals surface area contributed by atoms with E-state index in [1.165, 1.54) is 5.69 Å². The van der Waals surface area contributed by atoms with Crippen molar-refractivity contribution in [1.29, 1.82) is 0 Å². The van der Waals surface area contributed by atoms with Crippen LogP contribution in [0.2, 0.25) is 0 Å². The topological polar surface area (TPSA) is 38.5 Å². The zero-order chi connectivity index (χ0) is 12.3. The molecule has 0 aromatic heterocycles. The van der Waals surface area contributed by atoms with E-state index < -0.39 is 0 Å². The van der Waals surface area contributed by atoms with Crippen molar-refractivity contribution in [3.63, 3.8) is 0 Å². The number of rotatable bonds is 2. The van der Waals surface area contributed by atoms with Crippen LogP contribution in [0.15, 0.2) is 22.7 Å². The summed E-state index contributed by atoms with van der Waals surface area (Å²) in [5.41, 5.74) is 7.70. The molecule has 1 heterocycles. The molecule has 1 saturated heterocycles. The van der Waals surface area contributed by atoms with Gasteiger partial charge in [0.2, 0.25) is 0 Å². The van der Waals surface area contributed by atoms with E-state index in [4.69, 9.17) is 22.7 Å². The second-order valence-corrected chi connectivity index (χ2v) is 5.28. The fourth-order valence-corrected chi connectivity index (χ4v) is 2.79. The molecule has 0 bridgehead atoms. The molecule has 1 aliphatic rings. The van der Waals surface area contributed by atoms with E-state index in [2.05, 4.69) is 33.0 Å². The summed E-state index contributed by atoms with van der Waals surface area (Å²) in [7, 11) is 0. The fraction of sp³-hybridized carbons (Fsp3) is 0.417. The Hall–Kier alpha value is -0.650. The Kier molecular flexibility index (Phi) is 4.36. The maximum absolute atomic E-state index is 5.64. The molecule has 2 N–H and O–H groups in total. The summed E-state index contributed by atoms with van der Waals surface area (Å²) in [4.78, 5) is 2.74. The molecule has 5 heteroatoms. The Balaban J connectivity index is 2.21. The summed E-state index contributed by atoms with van der Waals surface area (Å²) in [5.74, 6) is 0. The van der Waals surface area contributed by atoms with Gasteiger partial charge in [0.05, 0.1) is 6.61 Å². The van der Waals surface area contributed by atoms with Crippen molar-refractivity contribution < 1.29 is 4.74 Å². The van der Waals surface area contributed by atoms with E-state index in [1.54, 1.807) is 0 Å². The van der Waals surface area contributed by atoms with Gasteiger partial charge >= 0.3 is 0 Å². The highest BCUT2D eigenvalue weighted by atomic mass is 79.9. The normalized spacial score (nSPS) is 16.6. The lowest BCUT2D eigenvalue weighted by atomic mass is 10.2. The van der Waals surface area contributed by atoms with E-state index >= 15 is 0 Å². The molecule has 3 nitrogen and oxygen atoms in total. The number of hydrogen-bond donors (Lipinski definition) is 1. The maximum Gasteiger partial charge on any atom is 0.105 e. The summed E-state index contributed by atoms with van der Waals surface area (Å²) < 4.78 is 6.40. The van der Waals surface area contributed by atoms with Crippen LogP contribution in [0.4, 0.5) is 5.69 Å². The molecular weight excluding hydrogens is 300 g/mol. The minimum Gasteiger partial charge on any atom is -0.389 e. The molecular formula is C12H15BrN2OS. The van der Waals surface area contributed by atoms with E-state index in [0.717, 1.165) is 42.8 Å². The molecule has 17 heavy (non-hydrogen) atoms. The number of anilines is 1. The lowest BCUT2D eigenvalue weighted by Gasteiger charge is -2.22. The number of ether oxygens (including phenoxy) is 1. The van der Waals surface area contributed by atoms with Crippen LogP contribution in [-0.4, -0.2) is 31.3 Å². The van der Waals surface area contributed by atoms with Crippen molar-refractivity contribution in [1.82, 2.24) is 0 Å². The van der Waals surface area contributed by atoms with Gasteiger partial charge in [-0.2, -0.15) is 0 Å². The van der Waals surface area contributed by atoms with Crippen LogP contribution in [-0.2, 0) is 4.74 Å². The molecule has 0 atom stereocenters. The summed E-state index contributed by atoms with van der Waals surface area (Å²) in [6.45, 7) is 3.59. The molecule has 1 aromatic rings. The summed E-state index contributed by atoms with van der Waals surface area (Å²) in [6.07, 6.45) is 1.06. The van der Waals surface area contributed by atoms with Crippen LogP contribution in [0.1, 0.15) is 12.0 Å². The third-order valence-corrected chi connectivity index (χ3v) is 3.68. The van der Waals surface area contributed by atoms with Gasteiger partial charge in [-0.15, -0.1) is 0 Å². The standard InChI is InChI=1S/C12H15BrN2OS/c13-11-8-9(2-3-10(11)12(14)17)15-4-1-6-16-7-5-15/h2-3,8H,1,4-7H2,(H2,14,17). The number of nitrogens with two attached hydrogens (primary N) is 1. The predicted octanol–water partition coefficient (Wildman–Crippen LogP) is 2.31. The number of halogens is 1. The Morgan fingerprint density at radius 2 is 2.18 bits per heavy atom. The van der Waals surface area contributed by atoms with Crippen molar-refractivity contribution in [2.24, 2.45) is 5.73 Å². The van der Waals surface area contributed by atoms with Gasteiger partial charge in [-0.3, -0.25) is 0 Å². The number of hydrogen-bond acceptors (Lipinski definition) is 3. The average molecular weight is 315 g/mol. The van der Waals surface area contributed by atoms with E-state index in [-0.39, 0.29) is 0 Å². The minimum absolute atomic E-state index is 0.419. The first-order chi connectivity index (χ1) is 8.18. The Bertz CT molecular complexity index is 417. The number of benzene rings is 1. The summed E-state index contributed by atoms with van der Waals surface area (Å²) in [6, 6.07) is 6.10. The number of thiocarbonyl (C=S) groups is 1. The first-order valence-corrected chi connectivity index (χ1v) is 6.80. The van der Waals surface area contributed by atoms with Gasteiger partial charge in [0.25, 0.3) is 0 Å². The Morgan fingerprint density at radius 1 is 1.35 bits per heavy atom. The van der Waals surface area contributed by atoms with E-state index in [0.29, 0.717) is 4.99 Å². The molecule has 0 radical (unpaired) electrons. The van der Waals surface area contributed by atoms with Crippen LogP contribution < -0.4 is 10.6 Å². The summed E-state index contributed by atoms with van der Waals surface area (Å²) in [5, 5.41) is 0. The van der Waals surface area contributed by atoms with Crippen LogP contribution in [0, 0.1) is 0 Å². The van der Waals surface area contributed by atoms with Gasteiger partial charge in [0.1, 0.15) is 4.99 Å². The highest BCUT2D eigenvalue weighted by Crippen LogP contribution is 2.24. The van der Waals surface area contributed by atoms with Crippen molar-refractivity contribution in [2.45, 2.75) is 6.42 Å². The SMILES string of the molecule is NC(=S)c1ccc(N2CCCOCC2)cc1Br. The van der Waals surface area contributed by atoms with Crippen LogP contribution >= 0.6 is 28.1 Å². The van der Waals surface area contributed by atoms with Crippen LogP contribution in [0.25, 0.3) is 0 Å². The number of nitrogens with zero attached hydrogens (tertiary/aromatic N) is 1. The van der Waals surface area contributed by atoms with Gasteiger partial charge < -0.3 is 15.4 Å². The van der Waals surface area contributed by atoms with Crippen molar-refractivity contribution in [3.8, 4) is 0 Å². The lowest BCUT2D eigenvalue weighted by Crippen LogP contribution is -2.26. The molecule has 1 aromatic carbocycles. The lowest BCUT2D eigenvalue weighted by molar-refractivity contribution is 0.152. The maximum atomic E-state index is 5.64. The molecule has 0 aliphatic carbocycles. The van der Waals surface area contributed by atoms with E-state index in [1.807, 2.05) is 6.07 Å². The summed E-state index contributed by atoms with van der Waals surface area (Å²) >= 11 is 8.49. The van der Waals surface area contributed by atoms with Gasteiger partial charge in [-0.05, 0) is 40.5 Å². The Labute approximate surface area is 115 Å². The molecule has 0 spiro atoms. The van der Waals surface area contributed by atoms with Gasteiger partial charge in [0.15, 0.2) is 0 Å². The molecule has 0 amide bonds. The van der Waals surface area contributed by atoms with Crippen molar-refractivity contribution in [3.05, 3.63) is 28.2 Å². The quantitative estimate of drug-likeness (QED) is 0.850. The van der Waals surface area contributed by atoms with Gasteiger partial charge in [-0.1, -0.05) is 12.2 Å². The molecule has 0 saturated carbocycles. The molecule has 1 fully saturated rings. The third kappa shape index (κ3) is 3.18. The third-order valence-electron chi connectivity index (χ3n) is 2.81. The molecule has 1 aliphatic heterocycles. The highest BCUT2D eigenvalue weighted by molar-refractivity contribution is 9.10. The van der Waals surface area contributed by atoms with Crippen molar-refractivity contribution >= 4 is 38.8 Å². The van der Waals surface area contributed by atoms with Crippen LogP contribution in [0.3, 0.4) is 0 Å². The first-order valence-electron chi connectivity index (χ1n) is 5.60. The highest BCUT2D eigenvalue weighted by Gasteiger charge is 2.12. The fourth-order valence-electron chi connectivity index (χ4n) is 1.90. The van der Waals surface area contributed by atoms with Gasteiger partial charge in [0, 0.05) is 35.4 Å². The molecule has 92 valence electrons.